The molecular weight excluding hydrogens is 88.1 g/mol. The van der Waals surface area contributed by atoms with Crippen LogP contribution >= 0.6 is 0 Å². The van der Waals surface area contributed by atoms with Gasteiger partial charge in [-0.05, 0) is 13.0 Å². The van der Waals surface area contributed by atoms with Crippen LogP contribution in [0, 0.1) is 5.41 Å². The zero-order valence-corrected chi connectivity index (χ0v) is 4.65. The minimum absolute atomic E-state index is 1.01. The summed E-state index contributed by atoms with van der Waals surface area (Å²) in [5.41, 5.74) is 1.01. The average molecular weight is 98.1 g/mol. The molecule has 0 amide bonds. The van der Waals surface area contributed by atoms with Crippen LogP contribution in [0.3, 0.4) is 0 Å². The van der Waals surface area contributed by atoms with Crippen LogP contribution in [0.4, 0.5) is 0 Å². The van der Waals surface area contributed by atoms with Gasteiger partial charge in [0.2, 0.25) is 0 Å². The molecule has 0 spiro atoms. The SMILES string of the molecule is CN/C(C)=C\C=N. The highest BCUT2D eigenvalue weighted by atomic mass is 14.8. The number of hydrogen-bond acceptors (Lipinski definition) is 2. The van der Waals surface area contributed by atoms with Gasteiger partial charge in [0.25, 0.3) is 0 Å². The Morgan fingerprint density at radius 2 is 2.29 bits per heavy atom. The summed E-state index contributed by atoms with van der Waals surface area (Å²) in [7, 11) is 1.83. The quantitative estimate of drug-likeness (QED) is 0.491. The highest BCUT2D eigenvalue weighted by molar-refractivity contribution is 5.68. The van der Waals surface area contributed by atoms with E-state index in [1.165, 1.54) is 6.21 Å². The van der Waals surface area contributed by atoms with Gasteiger partial charge in [0.15, 0.2) is 0 Å². The average Bonchev–Trinajstić information content (AvgIpc) is 1.68. The van der Waals surface area contributed by atoms with Crippen LogP contribution < -0.4 is 5.32 Å². The number of allylic oxidation sites excluding steroid dienone is 2. The Bertz CT molecular complexity index is 84.1. The van der Waals surface area contributed by atoms with Gasteiger partial charge in [-0.15, -0.1) is 0 Å². The minimum Gasteiger partial charge on any atom is -0.392 e. The van der Waals surface area contributed by atoms with E-state index in [0.717, 1.165) is 5.70 Å². The smallest absolute Gasteiger partial charge is 0.0194 e. The van der Waals surface area contributed by atoms with Crippen LogP contribution in [0.1, 0.15) is 6.92 Å². The predicted molar refractivity (Wildman–Crippen MR) is 31.6 cm³/mol. The molecule has 40 valence electrons. The van der Waals surface area contributed by atoms with Crippen molar-refractivity contribution in [3.05, 3.63) is 11.8 Å². The molecule has 0 rings (SSSR count). The van der Waals surface area contributed by atoms with Crippen molar-refractivity contribution in [3.8, 4) is 0 Å². The molecule has 0 unspecified atom stereocenters. The normalized spacial score (nSPS) is 10.9. The van der Waals surface area contributed by atoms with Gasteiger partial charge in [0.1, 0.15) is 0 Å². The third-order valence-electron chi connectivity index (χ3n) is 0.728. The first-order valence-corrected chi connectivity index (χ1v) is 2.16. The first-order chi connectivity index (χ1) is 3.31. The molecule has 0 aromatic rings. The molecule has 0 saturated heterocycles. The molecule has 0 atom stereocenters. The van der Waals surface area contributed by atoms with Crippen LogP contribution in [0.5, 0.6) is 0 Å². The maximum Gasteiger partial charge on any atom is 0.0194 e. The largest absolute Gasteiger partial charge is 0.392 e. The summed E-state index contributed by atoms with van der Waals surface area (Å²) >= 11 is 0. The molecule has 0 aromatic heterocycles. The fourth-order valence-corrected chi connectivity index (χ4v) is 0.208. The maximum atomic E-state index is 6.60. The van der Waals surface area contributed by atoms with Crippen molar-refractivity contribution in [1.29, 1.82) is 5.41 Å². The highest BCUT2D eigenvalue weighted by Crippen LogP contribution is 1.77. The van der Waals surface area contributed by atoms with Gasteiger partial charge in [-0.3, -0.25) is 0 Å². The standard InChI is InChI=1S/C5H10N2/c1-5(7-2)3-4-6/h3-4,6-7H,1-2H3/b5-3-,6-4?. The lowest BCUT2D eigenvalue weighted by Crippen LogP contribution is -2.00. The van der Waals surface area contributed by atoms with Crippen molar-refractivity contribution in [2.45, 2.75) is 6.92 Å². The molecule has 0 aliphatic heterocycles. The van der Waals surface area contributed by atoms with E-state index < -0.39 is 0 Å². The molecule has 0 aliphatic carbocycles. The van der Waals surface area contributed by atoms with Crippen molar-refractivity contribution in [2.24, 2.45) is 0 Å². The van der Waals surface area contributed by atoms with Crippen LogP contribution in [0.25, 0.3) is 0 Å². The Labute approximate surface area is 43.7 Å². The van der Waals surface area contributed by atoms with Crippen LogP contribution in [-0.2, 0) is 0 Å². The molecule has 0 saturated carbocycles. The Hall–Kier alpha value is -0.790. The van der Waals surface area contributed by atoms with Gasteiger partial charge in [0, 0.05) is 19.0 Å². The molecule has 0 aliphatic rings. The number of nitrogens with one attached hydrogen (secondary N) is 2. The third kappa shape index (κ3) is 3.03. The van der Waals surface area contributed by atoms with E-state index in [9.17, 15) is 0 Å². The predicted octanol–water partition coefficient (Wildman–Crippen LogP) is 0.759. The molecule has 0 bridgehead atoms. The Kier molecular flexibility index (Phi) is 3.02. The number of rotatable bonds is 2. The third-order valence-corrected chi connectivity index (χ3v) is 0.728. The van der Waals surface area contributed by atoms with Gasteiger partial charge in [-0.2, -0.15) is 0 Å². The monoisotopic (exact) mass is 98.1 g/mol. The van der Waals surface area contributed by atoms with Crippen LogP contribution in [0.15, 0.2) is 11.8 Å². The van der Waals surface area contributed by atoms with Gasteiger partial charge in [-0.25, -0.2) is 0 Å². The maximum absolute atomic E-state index is 6.60. The molecule has 0 heterocycles. The summed E-state index contributed by atoms with van der Waals surface area (Å²) in [6.45, 7) is 1.91. The van der Waals surface area contributed by atoms with E-state index in [1.54, 1.807) is 6.08 Å². The van der Waals surface area contributed by atoms with E-state index in [4.69, 9.17) is 5.41 Å². The summed E-state index contributed by atoms with van der Waals surface area (Å²) in [5, 5.41) is 9.47. The fourth-order valence-electron chi connectivity index (χ4n) is 0.208. The summed E-state index contributed by atoms with van der Waals surface area (Å²) < 4.78 is 0. The van der Waals surface area contributed by atoms with Crippen molar-refractivity contribution >= 4 is 6.21 Å². The second-order valence-corrected chi connectivity index (χ2v) is 1.27. The first-order valence-electron chi connectivity index (χ1n) is 2.16. The molecule has 0 radical (unpaired) electrons. The highest BCUT2D eigenvalue weighted by Gasteiger charge is 1.72. The van der Waals surface area contributed by atoms with Gasteiger partial charge < -0.3 is 10.7 Å². The Balaban J connectivity index is 3.49. The van der Waals surface area contributed by atoms with Crippen LogP contribution in [0.2, 0.25) is 0 Å². The lowest BCUT2D eigenvalue weighted by molar-refractivity contribution is 0.993. The van der Waals surface area contributed by atoms with Crippen molar-refractivity contribution < 1.29 is 0 Å². The molecule has 0 aromatic carbocycles. The number of hydrogen-bond donors (Lipinski definition) is 2. The van der Waals surface area contributed by atoms with Crippen molar-refractivity contribution in [2.75, 3.05) is 7.05 Å². The van der Waals surface area contributed by atoms with Gasteiger partial charge in [-0.1, -0.05) is 0 Å². The summed E-state index contributed by atoms with van der Waals surface area (Å²) in [6, 6.07) is 0. The first kappa shape index (κ1) is 6.21. The van der Waals surface area contributed by atoms with Gasteiger partial charge >= 0.3 is 0 Å². The summed E-state index contributed by atoms with van der Waals surface area (Å²) in [4.78, 5) is 0. The summed E-state index contributed by atoms with van der Waals surface area (Å²) in [6.07, 6.45) is 2.95. The van der Waals surface area contributed by atoms with Gasteiger partial charge in [0.05, 0.1) is 0 Å². The van der Waals surface area contributed by atoms with Crippen molar-refractivity contribution in [1.82, 2.24) is 5.32 Å². The zero-order chi connectivity index (χ0) is 5.70. The molecular formula is C5H10N2. The zero-order valence-electron chi connectivity index (χ0n) is 4.65. The summed E-state index contributed by atoms with van der Waals surface area (Å²) in [5.74, 6) is 0. The molecule has 2 heteroatoms. The lowest BCUT2D eigenvalue weighted by atomic mass is 10.4. The van der Waals surface area contributed by atoms with E-state index >= 15 is 0 Å². The molecule has 2 N–H and O–H groups in total. The van der Waals surface area contributed by atoms with E-state index in [2.05, 4.69) is 5.32 Å². The molecule has 0 fully saturated rings. The van der Waals surface area contributed by atoms with Crippen LogP contribution in [-0.4, -0.2) is 13.3 Å². The molecule has 2 nitrogen and oxygen atoms in total. The van der Waals surface area contributed by atoms with E-state index in [0.29, 0.717) is 0 Å². The molecule has 7 heavy (non-hydrogen) atoms. The fraction of sp³-hybridized carbons (Fsp3) is 0.400. The second kappa shape index (κ2) is 3.40. The Morgan fingerprint density at radius 3 is 2.43 bits per heavy atom. The van der Waals surface area contributed by atoms with E-state index in [-0.39, 0.29) is 0 Å². The topological polar surface area (TPSA) is 35.9 Å². The van der Waals surface area contributed by atoms with E-state index in [1.807, 2.05) is 14.0 Å². The lowest BCUT2D eigenvalue weighted by Gasteiger charge is -1.91. The minimum atomic E-state index is 1.01. The Morgan fingerprint density at radius 1 is 1.71 bits per heavy atom. The van der Waals surface area contributed by atoms with Crippen molar-refractivity contribution in [3.63, 3.8) is 0 Å². The second-order valence-electron chi connectivity index (χ2n) is 1.27.